The summed E-state index contributed by atoms with van der Waals surface area (Å²) in [6, 6.07) is 4.72. The lowest BCUT2D eigenvalue weighted by atomic mass is 9.77. The van der Waals surface area contributed by atoms with E-state index in [0.717, 1.165) is 5.47 Å². The van der Waals surface area contributed by atoms with Crippen LogP contribution in [0.3, 0.4) is 0 Å². The Labute approximate surface area is 148 Å². The van der Waals surface area contributed by atoms with Crippen molar-refractivity contribution in [3.8, 4) is 5.75 Å². The number of phenols is 1. The zero-order valence-electron chi connectivity index (χ0n) is 14.6. The highest BCUT2D eigenvalue weighted by atomic mass is 35.5. The average molecular weight is 352 g/mol. The van der Waals surface area contributed by atoms with E-state index in [-0.39, 0.29) is 18.2 Å². The van der Waals surface area contributed by atoms with Gasteiger partial charge in [0.15, 0.2) is 0 Å². The molecule has 2 N–H and O–H groups in total. The van der Waals surface area contributed by atoms with Gasteiger partial charge >= 0.3 is 7.12 Å². The number of halogens is 1. The van der Waals surface area contributed by atoms with Crippen LogP contribution >= 0.6 is 11.6 Å². The first-order valence-corrected chi connectivity index (χ1v) is 8.19. The van der Waals surface area contributed by atoms with E-state index in [1.807, 2.05) is 33.8 Å². The predicted molar refractivity (Wildman–Crippen MR) is 95.9 cm³/mol. The van der Waals surface area contributed by atoms with Crippen LogP contribution in [0.1, 0.15) is 40.2 Å². The van der Waals surface area contributed by atoms with E-state index in [0.29, 0.717) is 10.6 Å². The zero-order valence-corrected chi connectivity index (χ0v) is 15.4. The maximum Gasteiger partial charge on any atom is 0.492 e. The van der Waals surface area contributed by atoms with Gasteiger partial charge in [-0.05, 0) is 56.9 Å². The van der Waals surface area contributed by atoms with Gasteiger partial charge in [-0.1, -0.05) is 17.7 Å². The fourth-order valence-corrected chi connectivity index (χ4v) is 2.49. The molecule has 1 heterocycles. The van der Waals surface area contributed by atoms with Crippen LogP contribution in [-0.2, 0) is 14.1 Å². The SMILES string of the molecule is CC(=O)NCC(=Cc1ccc(O)cc1Cl)B1OC(C)(C)C(C)(C)O1. The minimum atomic E-state index is -0.591. The van der Waals surface area contributed by atoms with Crippen LogP contribution in [0.4, 0.5) is 0 Å². The molecule has 0 bridgehead atoms. The van der Waals surface area contributed by atoms with E-state index < -0.39 is 18.3 Å². The second-order valence-electron chi connectivity index (χ2n) is 6.92. The molecule has 7 heteroatoms. The Bertz CT molecular complexity index is 657. The lowest BCUT2D eigenvalue weighted by Crippen LogP contribution is -2.41. The van der Waals surface area contributed by atoms with Crippen LogP contribution in [-0.4, -0.2) is 35.9 Å². The molecule has 1 aliphatic heterocycles. The molecule has 1 amide bonds. The predicted octanol–water partition coefficient (Wildman–Crippen LogP) is 3.20. The second kappa shape index (κ2) is 6.79. The molecule has 1 aromatic carbocycles. The van der Waals surface area contributed by atoms with E-state index in [9.17, 15) is 9.90 Å². The fourth-order valence-electron chi connectivity index (χ4n) is 2.26. The van der Waals surface area contributed by atoms with Crippen molar-refractivity contribution in [2.45, 2.75) is 45.8 Å². The highest BCUT2D eigenvalue weighted by Crippen LogP contribution is 2.39. The number of hydrogen-bond acceptors (Lipinski definition) is 4. The van der Waals surface area contributed by atoms with Gasteiger partial charge in [0.25, 0.3) is 0 Å². The molecule has 0 saturated carbocycles. The molecule has 24 heavy (non-hydrogen) atoms. The van der Waals surface area contributed by atoms with Gasteiger partial charge in [0, 0.05) is 13.5 Å². The number of nitrogens with one attached hydrogen (secondary N) is 1. The maximum atomic E-state index is 11.3. The quantitative estimate of drug-likeness (QED) is 0.818. The largest absolute Gasteiger partial charge is 0.508 e. The summed E-state index contributed by atoms with van der Waals surface area (Å²) in [6.07, 6.45) is 1.82. The third-order valence-corrected chi connectivity index (χ3v) is 4.75. The first kappa shape index (κ1) is 18.8. The Morgan fingerprint density at radius 2 is 1.88 bits per heavy atom. The topological polar surface area (TPSA) is 67.8 Å². The Morgan fingerprint density at radius 3 is 2.38 bits per heavy atom. The molecule has 1 aromatic rings. The van der Waals surface area contributed by atoms with Crippen LogP contribution in [0, 0.1) is 0 Å². The van der Waals surface area contributed by atoms with Gasteiger partial charge in [-0.25, -0.2) is 0 Å². The van der Waals surface area contributed by atoms with Gasteiger partial charge in [0.1, 0.15) is 5.75 Å². The van der Waals surface area contributed by atoms with Crippen molar-refractivity contribution in [2.75, 3.05) is 6.54 Å². The molecule has 130 valence electrons. The van der Waals surface area contributed by atoms with Crippen LogP contribution in [0.5, 0.6) is 5.75 Å². The molecule has 5 nitrogen and oxygen atoms in total. The van der Waals surface area contributed by atoms with Crippen molar-refractivity contribution in [3.63, 3.8) is 0 Å². The van der Waals surface area contributed by atoms with Crippen molar-refractivity contribution >= 4 is 30.7 Å². The smallest absolute Gasteiger partial charge is 0.492 e. The van der Waals surface area contributed by atoms with E-state index in [1.54, 1.807) is 12.1 Å². The summed E-state index contributed by atoms with van der Waals surface area (Å²) in [4.78, 5) is 11.3. The number of carbonyl (C=O) groups is 1. The maximum absolute atomic E-state index is 11.3. The van der Waals surface area contributed by atoms with Crippen molar-refractivity contribution < 1.29 is 19.2 Å². The Hall–Kier alpha value is -1.50. The van der Waals surface area contributed by atoms with Gasteiger partial charge < -0.3 is 19.7 Å². The number of amides is 1. The van der Waals surface area contributed by atoms with Gasteiger partial charge in [-0.3, -0.25) is 4.79 Å². The van der Waals surface area contributed by atoms with Crippen molar-refractivity contribution in [1.82, 2.24) is 5.32 Å². The molecule has 1 fully saturated rings. The summed E-state index contributed by atoms with van der Waals surface area (Å²) in [5.41, 5.74) is 0.498. The van der Waals surface area contributed by atoms with Crippen LogP contribution < -0.4 is 5.32 Å². The summed E-state index contributed by atoms with van der Waals surface area (Å²) in [7, 11) is -0.591. The van der Waals surface area contributed by atoms with Crippen molar-refractivity contribution in [1.29, 1.82) is 0 Å². The first-order chi connectivity index (χ1) is 11.0. The number of benzene rings is 1. The number of aromatic hydroxyl groups is 1. The highest BCUT2D eigenvalue weighted by molar-refractivity contribution is 6.56. The lowest BCUT2D eigenvalue weighted by Gasteiger charge is -2.32. The van der Waals surface area contributed by atoms with E-state index in [1.165, 1.54) is 13.0 Å². The van der Waals surface area contributed by atoms with Gasteiger partial charge in [0.2, 0.25) is 5.91 Å². The molecule has 1 saturated heterocycles. The number of hydrogen-bond donors (Lipinski definition) is 2. The molecule has 2 rings (SSSR count). The molecule has 1 aliphatic rings. The third-order valence-electron chi connectivity index (χ3n) is 4.42. The molecule has 0 aromatic heterocycles. The molecule has 0 spiro atoms. The Morgan fingerprint density at radius 1 is 1.29 bits per heavy atom. The normalized spacial score (nSPS) is 19.4. The minimum Gasteiger partial charge on any atom is -0.508 e. The van der Waals surface area contributed by atoms with Crippen molar-refractivity contribution in [3.05, 3.63) is 34.3 Å². The van der Waals surface area contributed by atoms with Crippen LogP contribution in [0.25, 0.3) is 6.08 Å². The van der Waals surface area contributed by atoms with Gasteiger partial charge in [-0.2, -0.15) is 0 Å². The summed E-state index contributed by atoms with van der Waals surface area (Å²) in [6.45, 7) is 9.61. The third kappa shape index (κ3) is 4.12. The molecule has 0 radical (unpaired) electrons. The van der Waals surface area contributed by atoms with Gasteiger partial charge in [-0.15, -0.1) is 0 Å². The number of phenolic OH excluding ortho intramolecular Hbond substituents is 1. The van der Waals surface area contributed by atoms with E-state index >= 15 is 0 Å². The monoisotopic (exact) mass is 351 g/mol. The molecule has 0 atom stereocenters. The van der Waals surface area contributed by atoms with E-state index in [2.05, 4.69) is 5.32 Å². The van der Waals surface area contributed by atoms with Crippen molar-refractivity contribution in [2.24, 2.45) is 0 Å². The fraction of sp³-hybridized carbons (Fsp3) is 0.471. The Kier molecular flexibility index (Phi) is 5.33. The first-order valence-electron chi connectivity index (χ1n) is 7.81. The highest BCUT2D eigenvalue weighted by Gasteiger charge is 2.52. The molecule has 0 unspecified atom stereocenters. The number of rotatable bonds is 4. The minimum absolute atomic E-state index is 0.0937. The summed E-state index contributed by atoms with van der Waals surface area (Å²) >= 11 is 6.18. The summed E-state index contributed by atoms with van der Waals surface area (Å²) < 4.78 is 12.1. The molecular formula is C17H23BClNO4. The lowest BCUT2D eigenvalue weighted by molar-refractivity contribution is -0.118. The van der Waals surface area contributed by atoms with Crippen LogP contribution in [0.15, 0.2) is 23.7 Å². The summed E-state index contributed by atoms with van der Waals surface area (Å²) in [5.74, 6) is -0.0505. The van der Waals surface area contributed by atoms with Crippen LogP contribution in [0.2, 0.25) is 5.02 Å². The summed E-state index contributed by atoms with van der Waals surface area (Å²) in [5, 5.41) is 12.7. The standard InChI is InChI=1S/C17H23BClNO4/c1-11(21)20-10-13(8-12-6-7-14(22)9-15(12)19)18-23-16(2,3)17(4,5)24-18/h6-9,22H,10H2,1-5H3,(H,20,21). The molecule has 0 aliphatic carbocycles. The van der Waals surface area contributed by atoms with E-state index in [4.69, 9.17) is 20.9 Å². The zero-order chi connectivity index (χ0) is 18.1. The number of carbonyl (C=O) groups excluding carboxylic acids is 1. The average Bonchev–Trinajstić information content (AvgIpc) is 2.65. The second-order valence-corrected chi connectivity index (χ2v) is 7.33. The molecular weight excluding hydrogens is 328 g/mol. The Balaban J connectivity index is 2.35. The van der Waals surface area contributed by atoms with Gasteiger partial charge in [0.05, 0.1) is 16.2 Å².